The average molecular weight is 339 g/mol. The molecule has 0 aliphatic carbocycles. The monoisotopic (exact) mass is 339 g/mol. The molecular weight excluding hydrogens is 318 g/mol. The Balaban J connectivity index is 1.48. The molecule has 1 aromatic heterocycles. The fourth-order valence-corrected chi connectivity index (χ4v) is 3.06. The first-order valence-corrected chi connectivity index (χ1v) is 8.43. The van der Waals surface area contributed by atoms with Crippen LogP contribution in [0, 0.1) is 5.21 Å². The highest BCUT2D eigenvalue weighted by atomic mass is 16.5. The molecule has 1 aliphatic heterocycles. The number of carbonyl (C=O) groups excluding carboxylic acids is 2. The molecule has 2 amide bonds. The van der Waals surface area contributed by atoms with E-state index < -0.39 is 0 Å². The number of nitrogens with one attached hydrogen (secondary N) is 1. The summed E-state index contributed by atoms with van der Waals surface area (Å²) in [6, 6.07) is 13.1. The van der Waals surface area contributed by atoms with Gasteiger partial charge in [-0.15, -0.1) is 0 Å². The van der Waals surface area contributed by atoms with E-state index >= 15 is 0 Å². The van der Waals surface area contributed by atoms with Crippen molar-refractivity contribution in [3.8, 4) is 0 Å². The number of aromatic nitrogens is 1. The molecule has 6 heteroatoms. The van der Waals surface area contributed by atoms with Crippen molar-refractivity contribution in [1.82, 2.24) is 10.2 Å². The lowest BCUT2D eigenvalue weighted by molar-refractivity contribution is -0.605. The van der Waals surface area contributed by atoms with Crippen molar-refractivity contribution in [2.24, 2.45) is 0 Å². The molecule has 0 bridgehead atoms. The zero-order valence-corrected chi connectivity index (χ0v) is 13.9. The lowest BCUT2D eigenvalue weighted by Gasteiger charge is -2.17. The zero-order valence-electron chi connectivity index (χ0n) is 13.9. The number of hydrogen-bond acceptors (Lipinski definition) is 3. The zero-order chi connectivity index (χ0) is 17.6. The van der Waals surface area contributed by atoms with Gasteiger partial charge in [0.2, 0.25) is 5.91 Å². The molecule has 0 unspecified atom stereocenters. The molecule has 0 saturated carbocycles. The highest BCUT2D eigenvalue weighted by Gasteiger charge is 2.30. The van der Waals surface area contributed by atoms with Crippen molar-refractivity contribution < 1.29 is 14.3 Å². The molecule has 130 valence electrons. The summed E-state index contributed by atoms with van der Waals surface area (Å²) in [6.07, 6.45) is 4.68. The van der Waals surface area contributed by atoms with Gasteiger partial charge in [-0.25, -0.2) is 0 Å². The fraction of sp³-hybridized carbons (Fsp3) is 0.316. The van der Waals surface area contributed by atoms with Gasteiger partial charge in [-0.2, -0.15) is 4.73 Å². The van der Waals surface area contributed by atoms with E-state index in [9.17, 15) is 14.8 Å². The van der Waals surface area contributed by atoms with Crippen LogP contribution in [-0.2, 0) is 11.2 Å². The summed E-state index contributed by atoms with van der Waals surface area (Å²) in [5, 5.41) is 14.1. The first-order chi connectivity index (χ1) is 12.1. The molecule has 2 aromatic rings. The quantitative estimate of drug-likeness (QED) is 0.636. The number of aryl methyl sites for hydroxylation is 1. The number of benzene rings is 1. The lowest BCUT2D eigenvalue weighted by atomic mass is 10.1. The summed E-state index contributed by atoms with van der Waals surface area (Å²) in [7, 11) is 0. The van der Waals surface area contributed by atoms with Crippen LogP contribution < -0.4 is 10.0 Å². The first kappa shape index (κ1) is 17.0. The van der Waals surface area contributed by atoms with Crippen LogP contribution in [0.4, 0.5) is 0 Å². The Bertz CT molecular complexity index is 749. The van der Waals surface area contributed by atoms with Gasteiger partial charge in [0.1, 0.15) is 5.56 Å². The molecule has 6 nitrogen and oxygen atoms in total. The Morgan fingerprint density at radius 1 is 1.24 bits per heavy atom. The Hall–Kier alpha value is -2.89. The maximum absolute atomic E-state index is 12.2. The number of likely N-dealkylation sites (tertiary alicyclic amines) is 1. The normalized spacial score (nSPS) is 16.9. The highest BCUT2D eigenvalue weighted by Crippen LogP contribution is 2.13. The average Bonchev–Trinajstić information content (AvgIpc) is 2.95. The largest absolute Gasteiger partial charge is 0.619 e. The molecule has 1 N–H and O–H groups in total. The Morgan fingerprint density at radius 3 is 2.80 bits per heavy atom. The van der Waals surface area contributed by atoms with Gasteiger partial charge >= 0.3 is 0 Å². The summed E-state index contributed by atoms with van der Waals surface area (Å²) in [6.45, 7) is 1.20. The topological polar surface area (TPSA) is 76.4 Å². The van der Waals surface area contributed by atoms with Gasteiger partial charge in [-0.1, -0.05) is 30.3 Å². The molecule has 1 aliphatic rings. The number of amides is 2. The Kier molecular flexibility index (Phi) is 5.28. The SMILES string of the molecule is O=C(N[C@@H]1CC(=O)N(CCCc2ccccc2)C1)c1ccc[n+]([O-])c1. The van der Waals surface area contributed by atoms with Gasteiger partial charge in [0.15, 0.2) is 12.4 Å². The molecule has 25 heavy (non-hydrogen) atoms. The van der Waals surface area contributed by atoms with Gasteiger partial charge in [0.05, 0.1) is 6.04 Å². The van der Waals surface area contributed by atoms with Crippen molar-refractivity contribution >= 4 is 11.8 Å². The molecule has 2 heterocycles. The van der Waals surface area contributed by atoms with Crippen LogP contribution in [0.25, 0.3) is 0 Å². The predicted octanol–water partition coefficient (Wildman–Crippen LogP) is 1.28. The molecule has 1 fully saturated rings. The van der Waals surface area contributed by atoms with Gasteiger partial charge in [0, 0.05) is 25.6 Å². The minimum absolute atomic E-state index is 0.0605. The summed E-state index contributed by atoms with van der Waals surface area (Å²) in [5.74, 6) is -0.264. The van der Waals surface area contributed by atoms with E-state index in [4.69, 9.17) is 0 Å². The molecule has 1 saturated heterocycles. The smallest absolute Gasteiger partial charge is 0.257 e. The third-order valence-corrected chi connectivity index (χ3v) is 4.32. The van der Waals surface area contributed by atoms with E-state index in [0.29, 0.717) is 29.8 Å². The third-order valence-electron chi connectivity index (χ3n) is 4.32. The molecule has 0 spiro atoms. The van der Waals surface area contributed by atoms with Crippen molar-refractivity contribution in [2.45, 2.75) is 25.3 Å². The molecule has 1 atom stereocenters. The predicted molar refractivity (Wildman–Crippen MR) is 92.6 cm³/mol. The minimum Gasteiger partial charge on any atom is -0.619 e. The summed E-state index contributed by atoms with van der Waals surface area (Å²) in [5.41, 5.74) is 1.56. The number of rotatable bonds is 6. The first-order valence-electron chi connectivity index (χ1n) is 8.43. The van der Waals surface area contributed by atoms with E-state index in [2.05, 4.69) is 17.4 Å². The van der Waals surface area contributed by atoms with E-state index in [1.165, 1.54) is 24.0 Å². The van der Waals surface area contributed by atoms with Crippen molar-refractivity contribution in [3.05, 3.63) is 71.2 Å². The van der Waals surface area contributed by atoms with Crippen LogP contribution in [0.15, 0.2) is 54.9 Å². The second-order valence-electron chi connectivity index (χ2n) is 6.26. The van der Waals surface area contributed by atoms with E-state index in [0.717, 1.165) is 12.8 Å². The standard InChI is InChI=1S/C19H21N3O3/c23-18-12-17(20-19(24)16-9-5-11-22(25)13-16)14-21(18)10-4-8-15-6-2-1-3-7-15/h1-3,5-7,9,11,13,17H,4,8,10,12,14H2,(H,20,24)/t17-/m1/s1. The molecule has 3 rings (SSSR count). The van der Waals surface area contributed by atoms with Crippen LogP contribution in [0.3, 0.4) is 0 Å². The summed E-state index contributed by atoms with van der Waals surface area (Å²) in [4.78, 5) is 26.1. The molecule has 1 aromatic carbocycles. The van der Waals surface area contributed by atoms with Crippen LogP contribution in [0.1, 0.15) is 28.8 Å². The number of hydrogen-bond donors (Lipinski definition) is 1. The van der Waals surface area contributed by atoms with Crippen molar-refractivity contribution in [1.29, 1.82) is 0 Å². The maximum Gasteiger partial charge on any atom is 0.257 e. The molecular formula is C19H21N3O3. The summed E-state index contributed by atoms with van der Waals surface area (Å²) < 4.78 is 0.588. The summed E-state index contributed by atoms with van der Waals surface area (Å²) >= 11 is 0. The van der Waals surface area contributed by atoms with Crippen molar-refractivity contribution in [2.75, 3.05) is 13.1 Å². The van der Waals surface area contributed by atoms with Gasteiger partial charge in [-0.05, 0) is 24.5 Å². The fourth-order valence-electron chi connectivity index (χ4n) is 3.06. The van der Waals surface area contributed by atoms with E-state index in [-0.39, 0.29) is 17.9 Å². The maximum atomic E-state index is 12.2. The van der Waals surface area contributed by atoms with Gasteiger partial charge in [0.25, 0.3) is 5.91 Å². The highest BCUT2D eigenvalue weighted by molar-refractivity contribution is 5.94. The van der Waals surface area contributed by atoms with E-state index in [1.54, 1.807) is 11.0 Å². The number of nitrogens with zero attached hydrogens (tertiary/aromatic N) is 2. The van der Waals surface area contributed by atoms with Crippen molar-refractivity contribution in [3.63, 3.8) is 0 Å². The second kappa shape index (κ2) is 7.79. The van der Waals surface area contributed by atoms with Gasteiger partial charge in [-0.3, -0.25) is 9.59 Å². The van der Waals surface area contributed by atoms with Gasteiger partial charge < -0.3 is 15.4 Å². The van der Waals surface area contributed by atoms with Crippen LogP contribution >= 0.6 is 0 Å². The molecule has 0 radical (unpaired) electrons. The Labute approximate surface area is 146 Å². The lowest BCUT2D eigenvalue weighted by Crippen LogP contribution is -2.38. The van der Waals surface area contributed by atoms with E-state index in [1.807, 2.05) is 18.2 Å². The van der Waals surface area contributed by atoms with Crippen LogP contribution in [0.5, 0.6) is 0 Å². The van der Waals surface area contributed by atoms with Crippen LogP contribution in [-0.4, -0.2) is 35.8 Å². The van der Waals surface area contributed by atoms with Crippen LogP contribution in [0.2, 0.25) is 0 Å². The third kappa shape index (κ3) is 4.56. The minimum atomic E-state index is -0.325. The second-order valence-corrected chi connectivity index (χ2v) is 6.26. The number of pyridine rings is 1. The Morgan fingerprint density at radius 2 is 2.04 bits per heavy atom. The number of carbonyl (C=O) groups is 2.